The molecule has 0 spiro atoms. The van der Waals surface area contributed by atoms with Crippen LogP contribution >= 0.6 is 23.5 Å². The normalized spacial score (nSPS) is 19.5. The average Bonchev–Trinajstić information content (AvgIpc) is 2.74. The summed E-state index contributed by atoms with van der Waals surface area (Å²) in [6.07, 6.45) is -0.152. The first-order valence-corrected chi connectivity index (χ1v) is 13.3. The molecule has 2 N–H and O–H groups in total. The summed E-state index contributed by atoms with van der Waals surface area (Å²) in [6.45, 7) is 5.83. The molecule has 1 heterocycles. The van der Waals surface area contributed by atoms with Crippen LogP contribution in [0.25, 0.3) is 0 Å². The fourth-order valence-electron chi connectivity index (χ4n) is 3.96. The quantitative estimate of drug-likeness (QED) is 0.493. The minimum absolute atomic E-state index is 0.0169. The number of benzene rings is 2. The van der Waals surface area contributed by atoms with Gasteiger partial charge in [-0.15, -0.1) is 0 Å². The van der Waals surface area contributed by atoms with E-state index in [1.165, 1.54) is 12.1 Å². The van der Waals surface area contributed by atoms with Crippen molar-refractivity contribution >= 4 is 29.4 Å². The lowest BCUT2D eigenvalue weighted by Crippen LogP contribution is -2.58. The fourth-order valence-corrected chi connectivity index (χ4v) is 4.90. The number of rotatable bonds is 8. The van der Waals surface area contributed by atoms with Gasteiger partial charge in [0.05, 0.1) is 6.16 Å². The van der Waals surface area contributed by atoms with Gasteiger partial charge in [-0.05, 0) is 61.7 Å². The molecule has 180 valence electrons. The van der Waals surface area contributed by atoms with Gasteiger partial charge in [-0.25, -0.2) is 4.39 Å². The number of amides is 1. The molecule has 2 aromatic carbocycles. The molecule has 33 heavy (non-hydrogen) atoms. The van der Waals surface area contributed by atoms with E-state index in [1.54, 1.807) is 35.2 Å². The van der Waals surface area contributed by atoms with Crippen molar-refractivity contribution in [1.82, 2.24) is 9.80 Å². The Labute approximate surface area is 201 Å². The summed E-state index contributed by atoms with van der Waals surface area (Å²) in [5.41, 5.74) is 1.66. The number of carbonyl (C=O) groups excluding carboxylic acids is 1. The summed E-state index contributed by atoms with van der Waals surface area (Å²) in [5, 5.41) is 0. The number of hydrogen-bond acceptors (Lipinski definition) is 4. The Morgan fingerprint density at radius 3 is 2.52 bits per heavy atom. The van der Waals surface area contributed by atoms with Crippen LogP contribution in [0.15, 0.2) is 46.9 Å². The number of carbonyl (C=O) groups is 1. The van der Waals surface area contributed by atoms with Crippen molar-refractivity contribution in [2.24, 2.45) is 0 Å². The summed E-state index contributed by atoms with van der Waals surface area (Å²) in [5.74, 6) is 0.0431. The number of hydrogen-bond donors (Lipinski definition) is 2. The molecule has 2 aromatic rings. The Balaban J connectivity index is 1.59. The van der Waals surface area contributed by atoms with Crippen LogP contribution < -0.4 is 4.74 Å². The molecule has 0 bridgehead atoms. The SMILES string of the molecule is C[C@@H]1CN(Cc2ccc(F)cc2)[C@@H](C)CN1C(=O)COc1ccc(Br)cc1CCP(=O)(O)O. The molecular formula is C23H29BrFN2O5P. The van der Waals surface area contributed by atoms with E-state index < -0.39 is 7.60 Å². The molecule has 1 fully saturated rings. The van der Waals surface area contributed by atoms with E-state index in [0.717, 1.165) is 10.0 Å². The highest BCUT2D eigenvalue weighted by Crippen LogP contribution is 2.36. The summed E-state index contributed by atoms with van der Waals surface area (Å²) in [7, 11) is -4.14. The summed E-state index contributed by atoms with van der Waals surface area (Å²) in [4.78, 5) is 35.4. The van der Waals surface area contributed by atoms with Crippen molar-refractivity contribution in [2.45, 2.75) is 38.9 Å². The Bertz CT molecular complexity index is 1020. The molecule has 1 amide bonds. The number of ether oxygens (including phenoxy) is 1. The first-order valence-electron chi connectivity index (χ1n) is 10.8. The van der Waals surface area contributed by atoms with E-state index in [2.05, 4.69) is 27.8 Å². The Morgan fingerprint density at radius 2 is 1.85 bits per heavy atom. The second-order valence-electron chi connectivity index (χ2n) is 8.48. The van der Waals surface area contributed by atoms with Gasteiger partial charge in [0.15, 0.2) is 6.61 Å². The molecular weight excluding hydrogens is 514 g/mol. The fraction of sp³-hybridized carbons (Fsp3) is 0.435. The zero-order valence-corrected chi connectivity index (χ0v) is 21.1. The third kappa shape index (κ3) is 7.62. The molecule has 0 saturated carbocycles. The van der Waals surface area contributed by atoms with Gasteiger partial charge in [-0.2, -0.15) is 0 Å². The number of piperazine rings is 1. The second-order valence-corrected chi connectivity index (χ2v) is 11.2. The van der Waals surface area contributed by atoms with E-state index >= 15 is 0 Å². The monoisotopic (exact) mass is 542 g/mol. The third-order valence-corrected chi connectivity index (χ3v) is 7.08. The maximum atomic E-state index is 13.2. The first-order chi connectivity index (χ1) is 15.5. The van der Waals surface area contributed by atoms with Crippen molar-refractivity contribution in [3.05, 3.63) is 63.9 Å². The number of nitrogens with zero attached hydrogens (tertiary/aromatic N) is 2. The van der Waals surface area contributed by atoms with Crippen LogP contribution in [0.3, 0.4) is 0 Å². The molecule has 0 aliphatic carbocycles. The maximum absolute atomic E-state index is 13.2. The predicted octanol–water partition coefficient (Wildman–Crippen LogP) is 3.81. The van der Waals surface area contributed by atoms with Crippen molar-refractivity contribution < 1.29 is 28.3 Å². The van der Waals surface area contributed by atoms with Gasteiger partial charge in [0.1, 0.15) is 11.6 Å². The van der Waals surface area contributed by atoms with Gasteiger partial charge in [0.25, 0.3) is 5.91 Å². The van der Waals surface area contributed by atoms with Gasteiger partial charge in [0.2, 0.25) is 0 Å². The molecule has 1 aliphatic heterocycles. The minimum atomic E-state index is -4.14. The highest BCUT2D eigenvalue weighted by atomic mass is 79.9. The lowest BCUT2D eigenvalue weighted by Gasteiger charge is -2.44. The van der Waals surface area contributed by atoms with Crippen LogP contribution in [0.5, 0.6) is 5.75 Å². The highest BCUT2D eigenvalue weighted by Gasteiger charge is 2.32. The van der Waals surface area contributed by atoms with Crippen molar-refractivity contribution in [2.75, 3.05) is 25.9 Å². The maximum Gasteiger partial charge on any atom is 0.325 e. The van der Waals surface area contributed by atoms with Crippen LogP contribution in [0.2, 0.25) is 0 Å². The van der Waals surface area contributed by atoms with Crippen LogP contribution in [0, 0.1) is 5.82 Å². The number of halogens is 2. The van der Waals surface area contributed by atoms with Gasteiger partial charge in [-0.1, -0.05) is 28.1 Å². The van der Waals surface area contributed by atoms with E-state index in [9.17, 15) is 23.5 Å². The molecule has 1 aliphatic rings. The lowest BCUT2D eigenvalue weighted by atomic mass is 10.1. The van der Waals surface area contributed by atoms with Crippen molar-refractivity contribution in [1.29, 1.82) is 0 Å². The smallest absolute Gasteiger partial charge is 0.325 e. The first kappa shape index (κ1) is 25.8. The van der Waals surface area contributed by atoms with Crippen LogP contribution in [0.4, 0.5) is 4.39 Å². The standard InChI is InChI=1S/C23H29BrFN2O5P/c1-16-13-27(17(2)12-26(16)14-18-3-6-21(25)7-4-18)23(28)15-32-22-8-5-20(24)11-19(22)9-10-33(29,30)31/h3-8,11,16-17H,9-10,12-15H2,1-2H3,(H2,29,30,31)/t16-,17+/m0/s1. The van der Waals surface area contributed by atoms with Gasteiger partial charge >= 0.3 is 7.60 Å². The molecule has 1 saturated heterocycles. The van der Waals surface area contributed by atoms with E-state index in [4.69, 9.17) is 4.74 Å². The highest BCUT2D eigenvalue weighted by molar-refractivity contribution is 9.10. The summed E-state index contributed by atoms with van der Waals surface area (Å²) in [6, 6.07) is 11.8. The lowest BCUT2D eigenvalue weighted by molar-refractivity contribution is -0.139. The molecule has 10 heteroatoms. The molecule has 0 radical (unpaired) electrons. The second kappa shape index (κ2) is 11.1. The van der Waals surface area contributed by atoms with Crippen molar-refractivity contribution in [3.63, 3.8) is 0 Å². The Kier molecular flexibility index (Phi) is 8.70. The molecule has 0 aromatic heterocycles. The number of aryl methyl sites for hydroxylation is 1. The molecule has 0 unspecified atom stereocenters. The topological polar surface area (TPSA) is 90.3 Å². The zero-order chi connectivity index (χ0) is 24.2. The third-order valence-electron chi connectivity index (χ3n) is 5.78. The molecule has 2 atom stereocenters. The van der Waals surface area contributed by atoms with Gasteiger partial charge in [0, 0.05) is 36.2 Å². The zero-order valence-electron chi connectivity index (χ0n) is 18.7. The summed E-state index contributed by atoms with van der Waals surface area (Å²) < 4.78 is 31.0. The van der Waals surface area contributed by atoms with Crippen molar-refractivity contribution in [3.8, 4) is 5.75 Å². The Hall–Kier alpha value is -1.77. The van der Waals surface area contributed by atoms with Crippen LogP contribution in [-0.2, 0) is 22.3 Å². The van der Waals surface area contributed by atoms with Gasteiger partial charge in [-0.3, -0.25) is 14.3 Å². The van der Waals surface area contributed by atoms with E-state index in [1.807, 2.05) is 6.92 Å². The molecule has 3 rings (SSSR count). The van der Waals surface area contributed by atoms with E-state index in [0.29, 0.717) is 30.9 Å². The largest absolute Gasteiger partial charge is 0.483 e. The molecule has 7 nitrogen and oxygen atoms in total. The van der Waals surface area contributed by atoms with E-state index in [-0.39, 0.29) is 43.0 Å². The minimum Gasteiger partial charge on any atom is -0.483 e. The van der Waals surface area contributed by atoms with Crippen LogP contribution in [-0.4, -0.2) is 63.4 Å². The van der Waals surface area contributed by atoms with Gasteiger partial charge < -0.3 is 19.4 Å². The Morgan fingerprint density at radius 1 is 1.15 bits per heavy atom. The average molecular weight is 543 g/mol. The van der Waals surface area contributed by atoms with Crippen LogP contribution in [0.1, 0.15) is 25.0 Å². The summed E-state index contributed by atoms with van der Waals surface area (Å²) >= 11 is 3.36. The predicted molar refractivity (Wildman–Crippen MR) is 128 cm³/mol.